The number of hydrogen-bond donors (Lipinski definition) is 2. The maximum atomic E-state index is 6.28. The van der Waals surface area contributed by atoms with E-state index in [1.54, 1.807) is 7.11 Å². The van der Waals surface area contributed by atoms with Crippen LogP contribution in [0.25, 0.3) is 0 Å². The number of ether oxygens (including phenoxy) is 2. The first-order valence-electron chi connectivity index (χ1n) is 8.91. The second-order valence-corrected chi connectivity index (χ2v) is 7.46. The molecule has 0 saturated heterocycles. The van der Waals surface area contributed by atoms with E-state index in [1.807, 2.05) is 36.4 Å². The second kappa shape index (κ2) is 7.80. The van der Waals surface area contributed by atoms with Crippen LogP contribution in [0.15, 0.2) is 48.5 Å². The lowest BCUT2D eigenvalue weighted by molar-refractivity contribution is 0.296. The fourth-order valence-electron chi connectivity index (χ4n) is 2.70. The van der Waals surface area contributed by atoms with Gasteiger partial charge < -0.3 is 15.2 Å². The minimum absolute atomic E-state index is 0.120. The number of hydrogen-bond acceptors (Lipinski definition) is 5. The van der Waals surface area contributed by atoms with E-state index < -0.39 is 6.04 Å². The van der Waals surface area contributed by atoms with Crippen LogP contribution in [0.5, 0.6) is 11.5 Å². The van der Waals surface area contributed by atoms with Crippen molar-refractivity contribution < 1.29 is 9.47 Å². The molecule has 0 aliphatic carbocycles. The SMILES string of the molecule is COc1cccc([C@@H](N)c2n[nH]c(COc3ccc(C(C)(C)C)cc3)n2)c1. The van der Waals surface area contributed by atoms with Gasteiger partial charge in [-0.2, -0.15) is 5.10 Å². The van der Waals surface area contributed by atoms with Gasteiger partial charge in [-0.25, -0.2) is 4.98 Å². The predicted molar refractivity (Wildman–Crippen MR) is 105 cm³/mol. The Labute approximate surface area is 159 Å². The van der Waals surface area contributed by atoms with Gasteiger partial charge in [-0.3, -0.25) is 5.10 Å². The van der Waals surface area contributed by atoms with Crippen LogP contribution in [0.2, 0.25) is 0 Å². The molecular weight excluding hydrogens is 340 g/mol. The Morgan fingerprint density at radius 3 is 2.48 bits per heavy atom. The highest BCUT2D eigenvalue weighted by atomic mass is 16.5. The summed E-state index contributed by atoms with van der Waals surface area (Å²) in [5.74, 6) is 2.69. The summed E-state index contributed by atoms with van der Waals surface area (Å²) >= 11 is 0. The lowest BCUT2D eigenvalue weighted by atomic mass is 9.87. The molecule has 1 heterocycles. The zero-order valence-electron chi connectivity index (χ0n) is 16.2. The summed E-state index contributed by atoms with van der Waals surface area (Å²) < 4.78 is 11.0. The van der Waals surface area contributed by atoms with Crippen LogP contribution < -0.4 is 15.2 Å². The van der Waals surface area contributed by atoms with E-state index in [0.29, 0.717) is 18.3 Å². The zero-order chi connectivity index (χ0) is 19.4. The van der Waals surface area contributed by atoms with Crippen LogP contribution in [-0.4, -0.2) is 22.3 Å². The van der Waals surface area contributed by atoms with Crippen molar-refractivity contribution in [2.24, 2.45) is 5.73 Å². The van der Waals surface area contributed by atoms with Gasteiger partial charge >= 0.3 is 0 Å². The Bertz CT molecular complexity index is 882. The van der Waals surface area contributed by atoms with Crippen LogP contribution >= 0.6 is 0 Å². The highest BCUT2D eigenvalue weighted by molar-refractivity contribution is 5.33. The van der Waals surface area contributed by atoms with Crippen LogP contribution in [-0.2, 0) is 12.0 Å². The monoisotopic (exact) mass is 366 g/mol. The van der Waals surface area contributed by atoms with Crippen molar-refractivity contribution in [3.8, 4) is 11.5 Å². The van der Waals surface area contributed by atoms with E-state index in [2.05, 4.69) is 48.1 Å². The average Bonchev–Trinajstić information content (AvgIpc) is 3.14. The molecule has 0 saturated carbocycles. The number of nitrogens with two attached hydrogens (primary N) is 1. The van der Waals surface area contributed by atoms with Crippen LogP contribution in [0.1, 0.15) is 49.6 Å². The Morgan fingerprint density at radius 1 is 1.07 bits per heavy atom. The van der Waals surface area contributed by atoms with E-state index in [4.69, 9.17) is 15.2 Å². The third kappa shape index (κ3) is 4.65. The van der Waals surface area contributed by atoms with Crippen LogP contribution in [0.3, 0.4) is 0 Å². The Kier molecular flexibility index (Phi) is 5.46. The molecule has 6 heteroatoms. The number of H-pyrrole nitrogens is 1. The molecule has 3 N–H and O–H groups in total. The number of benzene rings is 2. The van der Waals surface area contributed by atoms with Gasteiger partial charge in [-0.1, -0.05) is 45.0 Å². The highest BCUT2D eigenvalue weighted by Crippen LogP contribution is 2.25. The van der Waals surface area contributed by atoms with Crippen molar-refractivity contribution in [1.82, 2.24) is 15.2 Å². The van der Waals surface area contributed by atoms with Gasteiger partial charge in [-0.05, 0) is 40.8 Å². The fourth-order valence-corrected chi connectivity index (χ4v) is 2.70. The minimum Gasteiger partial charge on any atom is -0.497 e. The molecule has 0 spiro atoms. The van der Waals surface area contributed by atoms with Crippen molar-refractivity contribution in [3.05, 3.63) is 71.3 Å². The third-order valence-electron chi connectivity index (χ3n) is 4.38. The molecule has 3 aromatic rings. The molecule has 0 bridgehead atoms. The molecule has 0 fully saturated rings. The number of nitrogens with one attached hydrogen (secondary N) is 1. The smallest absolute Gasteiger partial charge is 0.172 e. The maximum Gasteiger partial charge on any atom is 0.172 e. The molecule has 0 radical (unpaired) electrons. The topological polar surface area (TPSA) is 86.0 Å². The van der Waals surface area contributed by atoms with E-state index in [0.717, 1.165) is 17.1 Å². The number of aromatic nitrogens is 3. The van der Waals surface area contributed by atoms with Gasteiger partial charge in [0.25, 0.3) is 0 Å². The first-order valence-corrected chi connectivity index (χ1v) is 8.91. The fraction of sp³-hybridized carbons (Fsp3) is 0.333. The molecule has 0 aliphatic heterocycles. The second-order valence-electron chi connectivity index (χ2n) is 7.46. The summed E-state index contributed by atoms with van der Waals surface area (Å²) in [6.45, 7) is 6.85. The Balaban J connectivity index is 1.64. The van der Waals surface area contributed by atoms with Gasteiger partial charge in [0.15, 0.2) is 11.6 Å². The van der Waals surface area contributed by atoms with Crippen molar-refractivity contribution in [2.45, 2.75) is 38.8 Å². The predicted octanol–water partition coefficient (Wildman–Crippen LogP) is 3.74. The quantitative estimate of drug-likeness (QED) is 0.694. The van der Waals surface area contributed by atoms with Crippen molar-refractivity contribution in [3.63, 3.8) is 0 Å². The van der Waals surface area contributed by atoms with Crippen LogP contribution in [0.4, 0.5) is 0 Å². The molecule has 2 aromatic carbocycles. The molecule has 27 heavy (non-hydrogen) atoms. The maximum absolute atomic E-state index is 6.28. The summed E-state index contributed by atoms with van der Waals surface area (Å²) in [5, 5.41) is 7.12. The number of methoxy groups -OCH3 is 1. The first kappa shape index (κ1) is 18.9. The van der Waals surface area contributed by atoms with Crippen molar-refractivity contribution in [1.29, 1.82) is 0 Å². The molecule has 142 valence electrons. The molecule has 6 nitrogen and oxygen atoms in total. The van der Waals surface area contributed by atoms with Gasteiger partial charge in [0, 0.05) is 0 Å². The largest absolute Gasteiger partial charge is 0.497 e. The van der Waals surface area contributed by atoms with E-state index >= 15 is 0 Å². The molecular formula is C21H26N4O2. The minimum atomic E-state index is -0.434. The van der Waals surface area contributed by atoms with Crippen LogP contribution in [0, 0.1) is 0 Å². The number of aromatic amines is 1. The molecule has 0 aliphatic rings. The summed E-state index contributed by atoms with van der Waals surface area (Å²) in [7, 11) is 1.63. The number of nitrogens with zero attached hydrogens (tertiary/aromatic N) is 2. The van der Waals surface area contributed by atoms with Gasteiger partial charge in [-0.15, -0.1) is 0 Å². The van der Waals surface area contributed by atoms with Crippen molar-refractivity contribution >= 4 is 0 Å². The molecule has 0 amide bonds. The Morgan fingerprint density at radius 2 is 1.81 bits per heavy atom. The summed E-state index contributed by atoms with van der Waals surface area (Å²) in [6, 6.07) is 15.3. The summed E-state index contributed by atoms with van der Waals surface area (Å²) in [6.07, 6.45) is 0. The first-order chi connectivity index (χ1) is 12.9. The van der Waals surface area contributed by atoms with Gasteiger partial charge in [0.1, 0.15) is 18.1 Å². The third-order valence-corrected chi connectivity index (χ3v) is 4.38. The summed E-state index contributed by atoms with van der Waals surface area (Å²) in [4.78, 5) is 4.46. The lowest BCUT2D eigenvalue weighted by Crippen LogP contribution is -2.13. The lowest BCUT2D eigenvalue weighted by Gasteiger charge is -2.19. The van der Waals surface area contributed by atoms with Gasteiger partial charge in [0.05, 0.1) is 13.2 Å². The highest BCUT2D eigenvalue weighted by Gasteiger charge is 2.16. The molecule has 0 unspecified atom stereocenters. The molecule has 1 atom stereocenters. The Hall–Kier alpha value is -2.86. The summed E-state index contributed by atoms with van der Waals surface area (Å²) in [5.41, 5.74) is 8.55. The molecule has 3 rings (SSSR count). The average molecular weight is 366 g/mol. The zero-order valence-corrected chi connectivity index (χ0v) is 16.2. The normalized spacial score (nSPS) is 12.6. The standard InChI is InChI=1S/C21H26N4O2/c1-21(2,3)15-8-10-16(11-9-15)27-13-18-23-20(25-24-18)19(22)14-6-5-7-17(12-14)26-4/h5-12,19H,13,22H2,1-4H3,(H,23,24,25)/t19-/m1/s1. The molecule has 1 aromatic heterocycles. The van der Waals surface area contributed by atoms with Gasteiger partial charge in [0.2, 0.25) is 0 Å². The van der Waals surface area contributed by atoms with Crippen molar-refractivity contribution in [2.75, 3.05) is 7.11 Å². The number of rotatable bonds is 6. The van der Waals surface area contributed by atoms with E-state index in [-0.39, 0.29) is 5.41 Å². The van der Waals surface area contributed by atoms with E-state index in [9.17, 15) is 0 Å². The van der Waals surface area contributed by atoms with E-state index in [1.165, 1.54) is 5.56 Å².